The van der Waals surface area contributed by atoms with Crippen LogP contribution in [-0.2, 0) is 20.0 Å². The second-order valence-electron chi connectivity index (χ2n) is 11.8. The highest BCUT2D eigenvalue weighted by Gasteiger charge is 2.29. The summed E-state index contributed by atoms with van der Waals surface area (Å²) in [4.78, 5) is -0.0127. The molecule has 0 aliphatic heterocycles. The van der Waals surface area contributed by atoms with Crippen LogP contribution in [0.15, 0.2) is 131 Å². The first-order valence-electron chi connectivity index (χ1n) is 16.4. The van der Waals surface area contributed by atoms with Gasteiger partial charge in [0.2, 0.25) is 0 Å². The van der Waals surface area contributed by atoms with E-state index in [0.717, 1.165) is 8.61 Å². The number of hydrogen-bond acceptors (Lipinski definition) is 10. The number of nitrogens with zero attached hydrogens (tertiary/aromatic N) is 2. The maximum Gasteiger partial charge on any atom is 0.264 e. The lowest BCUT2D eigenvalue weighted by Crippen LogP contribution is -2.40. The molecular formula is C38H38Cl2N2O10S2. The van der Waals surface area contributed by atoms with Crippen molar-refractivity contribution in [3.63, 3.8) is 0 Å². The van der Waals surface area contributed by atoms with E-state index in [2.05, 4.69) is 0 Å². The summed E-state index contributed by atoms with van der Waals surface area (Å²) in [5, 5.41) is 22.6. The molecule has 5 aromatic rings. The van der Waals surface area contributed by atoms with Gasteiger partial charge in [-0.3, -0.25) is 8.61 Å². The van der Waals surface area contributed by atoms with Crippen LogP contribution in [0.2, 0.25) is 10.0 Å². The largest absolute Gasteiger partial charge is 0.497 e. The Labute approximate surface area is 324 Å². The molecule has 0 bridgehead atoms. The second kappa shape index (κ2) is 18.1. The van der Waals surface area contributed by atoms with Gasteiger partial charge in [0.15, 0.2) is 0 Å². The van der Waals surface area contributed by atoms with Gasteiger partial charge in [-0.15, -0.1) is 0 Å². The van der Waals surface area contributed by atoms with Gasteiger partial charge in [-0.1, -0.05) is 23.2 Å². The topological polar surface area (TPSA) is 152 Å². The van der Waals surface area contributed by atoms with Crippen LogP contribution in [0.5, 0.6) is 23.0 Å². The summed E-state index contributed by atoms with van der Waals surface area (Å²) >= 11 is 12.0. The summed E-state index contributed by atoms with van der Waals surface area (Å²) in [6.07, 6.45) is -2.48. The van der Waals surface area contributed by atoms with Crippen molar-refractivity contribution in [1.29, 1.82) is 0 Å². The molecule has 0 fully saturated rings. The third-order valence-corrected chi connectivity index (χ3v) is 12.1. The summed E-state index contributed by atoms with van der Waals surface area (Å²) in [6, 6.07) is 30.5. The monoisotopic (exact) mass is 816 g/mol. The van der Waals surface area contributed by atoms with Crippen molar-refractivity contribution < 1.29 is 46.0 Å². The number of methoxy groups -OCH3 is 2. The highest BCUT2D eigenvalue weighted by Crippen LogP contribution is 2.29. The van der Waals surface area contributed by atoms with Gasteiger partial charge in [0.1, 0.15) is 48.4 Å². The quantitative estimate of drug-likeness (QED) is 0.103. The van der Waals surface area contributed by atoms with E-state index in [1.807, 2.05) is 0 Å². The van der Waals surface area contributed by atoms with Gasteiger partial charge in [-0.2, -0.15) is 0 Å². The molecule has 2 N–H and O–H groups in total. The Bertz CT molecular complexity index is 2020. The van der Waals surface area contributed by atoms with Crippen molar-refractivity contribution in [2.45, 2.75) is 22.0 Å². The molecule has 5 aromatic carbocycles. The van der Waals surface area contributed by atoms with Gasteiger partial charge in [-0.05, 0) is 121 Å². The number of benzene rings is 5. The van der Waals surface area contributed by atoms with Crippen LogP contribution >= 0.6 is 23.2 Å². The van der Waals surface area contributed by atoms with Crippen molar-refractivity contribution in [3.05, 3.63) is 131 Å². The van der Waals surface area contributed by atoms with E-state index < -0.39 is 32.3 Å². The summed E-state index contributed by atoms with van der Waals surface area (Å²) in [7, 11) is -5.21. The van der Waals surface area contributed by atoms with Gasteiger partial charge in [0.05, 0.1) is 48.5 Å². The number of rotatable bonds is 18. The third kappa shape index (κ3) is 10.3. The van der Waals surface area contributed by atoms with E-state index >= 15 is 0 Å². The number of ether oxygens (including phenoxy) is 4. The van der Waals surface area contributed by atoms with Crippen LogP contribution < -0.4 is 27.6 Å². The molecule has 0 aliphatic rings. The summed E-state index contributed by atoms with van der Waals surface area (Å²) in [5.41, 5.74) is 0.617. The fraction of sp³-hybridized carbons (Fsp3) is 0.211. The fourth-order valence-electron chi connectivity index (χ4n) is 5.15. The van der Waals surface area contributed by atoms with Gasteiger partial charge in [0.25, 0.3) is 20.0 Å². The molecule has 0 saturated carbocycles. The molecule has 0 unspecified atom stereocenters. The Kier molecular flexibility index (Phi) is 13.6. The predicted octanol–water partition coefficient (Wildman–Crippen LogP) is 6.28. The molecule has 0 radical (unpaired) electrons. The van der Waals surface area contributed by atoms with E-state index in [1.165, 1.54) is 62.8 Å². The molecule has 0 amide bonds. The number of halogens is 2. The molecule has 2 atom stereocenters. The smallest absolute Gasteiger partial charge is 0.264 e. The van der Waals surface area contributed by atoms with Crippen molar-refractivity contribution >= 4 is 54.6 Å². The number of hydrogen-bond donors (Lipinski definition) is 2. The van der Waals surface area contributed by atoms with Crippen molar-refractivity contribution in [2.75, 3.05) is 49.1 Å². The first-order chi connectivity index (χ1) is 25.8. The first-order valence-corrected chi connectivity index (χ1v) is 20.0. The van der Waals surface area contributed by atoms with E-state index in [0.29, 0.717) is 44.4 Å². The van der Waals surface area contributed by atoms with Crippen LogP contribution in [-0.4, -0.2) is 79.8 Å². The minimum Gasteiger partial charge on any atom is -0.497 e. The number of anilines is 2. The minimum absolute atomic E-state index is 0.00633. The van der Waals surface area contributed by atoms with Crippen molar-refractivity contribution in [1.82, 2.24) is 0 Å². The van der Waals surface area contributed by atoms with Gasteiger partial charge in [-0.25, -0.2) is 16.8 Å². The Morgan fingerprint density at radius 3 is 1.09 bits per heavy atom. The summed E-state index contributed by atoms with van der Waals surface area (Å²) < 4.78 is 78.7. The lowest BCUT2D eigenvalue weighted by atomic mass is 10.2. The molecule has 0 aromatic heterocycles. The zero-order chi connectivity index (χ0) is 38.9. The van der Waals surface area contributed by atoms with E-state index in [-0.39, 0.29) is 36.1 Å². The fourth-order valence-corrected chi connectivity index (χ4v) is 8.41. The molecule has 0 heterocycles. The standard InChI is InChI=1S/C38H38Cl2N2O10S2/c1-49-33-11-7-29(8-12-33)41(53(45,46)37-19-3-27(39)4-20-37)23-31(43)25-51-35-15-17-36(18-16-35)52-26-32(44)24-42(30-9-13-34(50-2)14-10-30)54(47,48)38-21-5-28(40)6-22-38/h3-22,31-32,43-44H,23-26H2,1-2H3/t31-,32+. The third-order valence-electron chi connectivity index (χ3n) is 7.99. The average Bonchev–Trinajstić information content (AvgIpc) is 3.18. The molecule has 0 spiro atoms. The van der Waals surface area contributed by atoms with Crippen LogP contribution in [0, 0.1) is 0 Å². The van der Waals surface area contributed by atoms with Gasteiger partial charge >= 0.3 is 0 Å². The number of aliphatic hydroxyl groups excluding tert-OH is 2. The predicted molar refractivity (Wildman–Crippen MR) is 207 cm³/mol. The highest BCUT2D eigenvalue weighted by molar-refractivity contribution is 7.93. The highest BCUT2D eigenvalue weighted by atomic mass is 35.5. The van der Waals surface area contributed by atoms with Crippen molar-refractivity contribution in [3.8, 4) is 23.0 Å². The zero-order valence-electron chi connectivity index (χ0n) is 29.2. The van der Waals surface area contributed by atoms with Crippen LogP contribution in [0.3, 0.4) is 0 Å². The molecule has 54 heavy (non-hydrogen) atoms. The number of aliphatic hydroxyl groups is 2. The Hall–Kier alpha value is -4.70. The normalized spacial score (nSPS) is 12.7. The van der Waals surface area contributed by atoms with Crippen LogP contribution in [0.4, 0.5) is 11.4 Å². The molecular weight excluding hydrogens is 779 g/mol. The van der Waals surface area contributed by atoms with Gasteiger partial charge < -0.3 is 29.2 Å². The van der Waals surface area contributed by atoms with Crippen LogP contribution in [0.25, 0.3) is 0 Å². The SMILES string of the molecule is COc1ccc(N(C[C@H](O)COc2ccc(OC[C@H](O)CN(c3ccc(OC)cc3)S(=O)(=O)c3ccc(Cl)cc3)cc2)S(=O)(=O)c2ccc(Cl)cc2)cc1. The molecule has 16 heteroatoms. The summed E-state index contributed by atoms with van der Waals surface area (Å²) in [6.45, 7) is -1.13. The Balaban J connectivity index is 1.21. The molecule has 12 nitrogen and oxygen atoms in total. The van der Waals surface area contributed by atoms with Crippen molar-refractivity contribution in [2.24, 2.45) is 0 Å². The lowest BCUT2D eigenvalue weighted by molar-refractivity contribution is 0.113. The molecule has 0 aliphatic carbocycles. The number of sulfonamides is 2. The maximum atomic E-state index is 13.7. The lowest BCUT2D eigenvalue weighted by Gasteiger charge is -2.27. The molecule has 286 valence electrons. The van der Waals surface area contributed by atoms with E-state index in [1.54, 1.807) is 72.8 Å². The zero-order valence-corrected chi connectivity index (χ0v) is 32.3. The maximum absolute atomic E-state index is 13.7. The summed E-state index contributed by atoms with van der Waals surface area (Å²) in [5.74, 6) is 1.79. The Morgan fingerprint density at radius 1 is 0.500 bits per heavy atom. The van der Waals surface area contributed by atoms with E-state index in [4.69, 9.17) is 42.1 Å². The minimum atomic E-state index is -4.10. The second-order valence-corrected chi connectivity index (χ2v) is 16.4. The van der Waals surface area contributed by atoms with E-state index in [9.17, 15) is 27.0 Å². The average molecular weight is 818 g/mol. The van der Waals surface area contributed by atoms with Crippen LogP contribution in [0.1, 0.15) is 0 Å². The first kappa shape index (κ1) is 40.5. The molecule has 0 saturated heterocycles. The Morgan fingerprint density at radius 2 is 0.796 bits per heavy atom. The molecule has 5 rings (SSSR count). The van der Waals surface area contributed by atoms with Gasteiger partial charge in [0, 0.05) is 10.0 Å².